The average Bonchev–Trinajstić information content (AvgIpc) is 2.66. The molecule has 2 aromatic carbocycles. The molecule has 0 bridgehead atoms. The second-order valence-electron chi connectivity index (χ2n) is 4.93. The van der Waals surface area contributed by atoms with Crippen LogP contribution in [0.25, 0.3) is 6.08 Å². The summed E-state index contributed by atoms with van der Waals surface area (Å²) in [6.07, 6.45) is 1.48. The Morgan fingerprint density at radius 3 is 2.40 bits per heavy atom. The fraction of sp³-hybridized carbons (Fsp3) is 0.158. The topological polar surface area (TPSA) is 80.6 Å². The number of carbonyl (C=O) groups excluding carboxylic acids is 1. The van der Waals surface area contributed by atoms with Crippen molar-refractivity contribution < 1.29 is 19.0 Å². The number of amides is 1. The summed E-state index contributed by atoms with van der Waals surface area (Å²) in [4.78, 5) is 12.4. The van der Waals surface area contributed by atoms with Gasteiger partial charge in [0, 0.05) is 11.6 Å². The molecule has 25 heavy (non-hydrogen) atoms. The number of nitriles is 1. The van der Waals surface area contributed by atoms with Gasteiger partial charge in [-0.05, 0) is 24.3 Å². The van der Waals surface area contributed by atoms with Crippen LogP contribution in [0.4, 0.5) is 5.69 Å². The Morgan fingerprint density at radius 2 is 1.76 bits per heavy atom. The van der Waals surface area contributed by atoms with Crippen molar-refractivity contribution in [2.24, 2.45) is 0 Å². The van der Waals surface area contributed by atoms with Crippen LogP contribution in [-0.4, -0.2) is 27.2 Å². The number of nitrogens with one attached hydrogen (secondary N) is 1. The maximum Gasteiger partial charge on any atom is 0.266 e. The predicted octanol–water partition coefficient (Wildman–Crippen LogP) is 3.26. The van der Waals surface area contributed by atoms with E-state index >= 15 is 0 Å². The highest BCUT2D eigenvalue weighted by atomic mass is 16.5. The van der Waals surface area contributed by atoms with Gasteiger partial charge in [-0.25, -0.2) is 0 Å². The molecule has 6 nitrogen and oxygen atoms in total. The highest BCUT2D eigenvalue weighted by molar-refractivity contribution is 6.10. The van der Waals surface area contributed by atoms with Gasteiger partial charge in [0.1, 0.15) is 28.9 Å². The van der Waals surface area contributed by atoms with E-state index in [1.807, 2.05) is 12.1 Å². The summed E-state index contributed by atoms with van der Waals surface area (Å²) in [6.45, 7) is 0. The quantitative estimate of drug-likeness (QED) is 0.646. The maximum absolute atomic E-state index is 12.4. The second kappa shape index (κ2) is 8.41. The first-order chi connectivity index (χ1) is 12.1. The van der Waals surface area contributed by atoms with E-state index < -0.39 is 5.91 Å². The molecule has 0 aliphatic carbocycles. The van der Waals surface area contributed by atoms with Crippen molar-refractivity contribution in [3.05, 3.63) is 53.6 Å². The van der Waals surface area contributed by atoms with E-state index in [2.05, 4.69) is 5.32 Å². The van der Waals surface area contributed by atoms with Crippen LogP contribution in [0.1, 0.15) is 5.56 Å². The molecule has 1 amide bonds. The van der Waals surface area contributed by atoms with Gasteiger partial charge in [-0.1, -0.05) is 18.2 Å². The molecule has 0 spiro atoms. The zero-order valence-corrected chi connectivity index (χ0v) is 14.2. The Morgan fingerprint density at radius 1 is 1.04 bits per heavy atom. The molecule has 0 aliphatic rings. The molecule has 6 heteroatoms. The van der Waals surface area contributed by atoms with E-state index in [1.165, 1.54) is 27.4 Å². The van der Waals surface area contributed by atoms with Gasteiger partial charge in [0.2, 0.25) is 0 Å². The highest BCUT2D eigenvalue weighted by Gasteiger charge is 2.14. The summed E-state index contributed by atoms with van der Waals surface area (Å²) in [5.74, 6) is 1.06. The third-order valence-electron chi connectivity index (χ3n) is 3.46. The van der Waals surface area contributed by atoms with Crippen LogP contribution in [0.5, 0.6) is 17.2 Å². The van der Waals surface area contributed by atoms with Crippen LogP contribution in [0, 0.1) is 11.3 Å². The number of para-hydroxylation sites is 1. The first-order valence-electron chi connectivity index (χ1n) is 7.41. The van der Waals surface area contributed by atoms with E-state index in [0.29, 0.717) is 28.5 Å². The summed E-state index contributed by atoms with van der Waals surface area (Å²) in [5.41, 5.74) is 1.02. The molecular formula is C19H18N2O4. The number of carbonyl (C=O) groups is 1. The van der Waals surface area contributed by atoms with Gasteiger partial charge in [-0.3, -0.25) is 4.79 Å². The van der Waals surface area contributed by atoms with Crippen LogP contribution < -0.4 is 19.5 Å². The molecule has 2 aromatic rings. The van der Waals surface area contributed by atoms with Crippen molar-refractivity contribution >= 4 is 17.7 Å². The van der Waals surface area contributed by atoms with Gasteiger partial charge in [-0.15, -0.1) is 0 Å². The van der Waals surface area contributed by atoms with E-state index in [-0.39, 0.29) is 5.57 Å². The largest absolute Gasteiger partial charge is 0.497 e. The van der Waals surface area contributed by atoms with E-state index in [0.717, 1.165) is 0 Å². The summed E-state index contributed by atoms with van der Waals surface area (Å²) in [5, 5.41) is 12.0. The first-order valence-corrected chi connectivity index (χ1v) is 7.41. The summed E-state index contributed by atoms with van der Waals surface area (Å²) in [6, 6.07) is 14.0. The lowest BCUT2D eigenvalue weighted by molar-refractivity contribution is -0.112. The zero-order chi connectivity index (χ0) is 18.2. The van der Waals surface area contributed by atoms with Crippen molar-refractivity contribution in [3.8, 4) is 23.3 Å². The van der Waals surface area contributed by atoms with Gasteiger partial charge in [0.05, 0.1) is 27.0 Å². The Balaban J connectivity index is 2.29. The van der Waals surface area contributed by atoms with Crippen molar-refractivity contribution in [2.75, 3.05) is 26.6 Å². The number of ether oxygens (including phenoxy) is 3. The van der Waals surface area contributed by atoms with Crippen LogP contribution >= 0.6 is 0 Å². The Hall–Kier alpha value is -3.46. The molecule has 0 saturated carbocycles. The minimum Gasteiger partial charge on any atom is -0.497 e. The van der Waals surface area contributed by atoms with Crippen molar-refractivity contribution in [2.45, 2.75) is 0 Å². The summed E-state index contributed by atoms with van der Waals surface area (Å²) < 4.78 is 15.6. The number of rotatable bonds is 6. The van der Waals surface area contributed by atoms with Crippen LogP contribution in [0.15, 0.2) is 48.0 Å². The molecule has 0 saturated heterocycles. The summed E-state index contributed by atoms with van der Waals surface area (Å²) in [7, 11) is 4.55. The second-order valence-corrected chi connectivity index (χ2v) is 4.93. The predicted molar refractivity (Wildman–Crippen MR) is 94.8 cm³/mol. The molecule has 2 rings (SSSR count). The van der Waals surface area contributed by atoms with Crippen LogP contribution in [0.3, 0.4) is 0 Å². The fourth-order valence-corrected chi connectivity index (χ4v) is 2.18. The number of benzene rings is 2. The van der Waals surface area contributed by atoms with Crippen LogP contribution in [0.2, 0.25) is 0 Å². The normalized spacial score (nSPS) is 10.6. The monoisotopic (exact) mass is 338 g/mol. The third-order valence-corrected chi connectivity index (χ3v) is 3.46. The minimum atomic E-state index is -0.545. The first kappa shape index (κ1) is 17.9. The third kappa shape index (κ3) is 4.30. The minimum absolute atomic E-state index is 0.0534. The lowest BCUT2D eigenvalue weighted by atomic mass is 10.1. The van der Waals surface area contributed by atoms with Gasteiger partial charge in [0.25, 0.3) is 5.91 Å². The van der Waals surface area contributed by atoms with Crippen molar-refractivity contribution in [3.63, 3.8) is 0 Å². The van der Waals surface area contributed by atoms with Gasteiger partial charge in [0.15, 0.2) is 0 Å². The van der Waals surface area contributed by atoms with Gasteiger partial charge in [-0.2, -0.15) is 5.26 Å². The molecule has 0 aliphatic heterocycles. The molecule has 0 heterocycles. The van der Waals surface area contributed by atoms with Crippen molar-refractivity contribution in [1.29, 1.82) is 5.26 Å². The molecule has 0 radical (unpaired) electrons. The number of hydrogen-bond acceptors (Lipinski definition) is 5. The molecule has 0 unspecified atom stereocenters. The molecule has 1 N–H and O–H groups in total. The van der Waals surface area contributed by atoms with E-state index in [9.17, 15) is 10.1 Å². The van der Waals surface area contributed by atoms with Gasteiger partial charge < -0.3 is 19.5 Å². The average molecular weight is 338 g/mol. The van der Waals surface area contributed by atoms with E-state index in [1.54, 1.807) is 36.4 Å². The SMILES string of the molecule is COc1ccc(NC(=O)/C(C#N)=C/c2ccccc2OC)c(OC)c1. The molecule has 0 fully saturated rings. The Bertz CT molecular complexity index is 838. The Kier molecular flexibility index (Phi) is 6.02. The number of methoxy groups -OCH3 is 3. The van der Waals surface area contributed by atoms with Crippen LogP contribution in [-0.2, 0) is 4.79 Å². The zero-order valence-electron chi connectivity index (χ0n) is 14.2. The number of anilines is 1. The molecule has 128 valence electrons. The highest BCUT2D eigenvalue weighted by Crippen LogP contribution is 2.29. The van der Waals surface area contributed by atoms with Gasteiger partial charge >= 0.3 is 0 Å². The maximum atomic E-state index is 12.4. The van der Waals surface area contributed by atoms with E-state index in [4.69, 9.17) is 14.2 Å². The fourth-order valence-electron chi connectivity index (χ4n) is 2.18. The lowest BCUT2D eigenvalue weighted by Gasteiger charge is -2.11. The molecule has 0 aromatic heterocycles. The molecule has 0 atom stereocenters. The van der Waals surface area contributed by atoms with Crippen molar-refractivity contribution in [1.82, 2.24) is 0 Å². The number of nitrogens with zero attached hydrogens (tertiary/aromatic N) is 1. The number of hydrogen-bond donors (Lipinski definition) is 1. The lowest BCUT2D eigenvalue weighted by Crippen LogP contribution is -2.14. The Labute approximate surface area is 146 Å². The molecular weight excluding hydrogens is 320 g/mol. The summed E-state index contributed by atoms with van der Waals surface area (Å²) >= 11 is 0. The smallest absolute Gasteiger partial charge is 0.266 e. The standard InChI is InChI=1S/C19H18N2O4/c1-23-15-8-9-16(18(11-15)25-3)21-19(22)14(12-20)10-13-6-4-5-7-17(13)24-2/h4-11H,1-3H3,(H,21,22)/b14-10+.